The van der Waals surface area contributed by atoms with Gasteiger partial charge in [-0.25, -0.2) is 9.59 Å². The second-order valence-corrected chi connectivity index (χ2v) is 1.73. The van der Waals surface area contributed by atoms with Gasteiger partial charge in [0.2, 0.25) is 5.76 Å². The van der Waals surface area contributed by atoms with Gasteiger partial charge < -0.3 is 14.2 Å². The summed E-state index contributed by atoms with van der Waals surface area (Å²) in [7, 11) is 3.64. The summed E-state index contributed by atoms with van der Waals surface area (Å²) in [6, 6.07) is 0. The number of esters is 2. The molecule has 0 bridgehead atoms. The third kappa shape index (κ3) is 3.05. The van der Waals surface area contributed by atoms with Gasteiger partial charge in [-0.3, -0.25) is 0 Å². The standard InChI is InChI=1S/C7H10O5/c1-10-5(7(9)12-3)4-6(8)11-2/h4H,1-3H3/b5-4-. The van der Waals surface area contributed by atoms with E-state index in [9.17, 15) is 9.59 Å². The second-order valence-electron chi connectivity index (χ2n) is 1.73. The van der Waals surface area contributed by atoms with Crippen molar-refractivity contribution in [3.63, 3.8) is 0 Å². The van der Waals surface area contributed by atoms with Crippen LogP contribution in [0.3, 0.4) is 0 Å². The lowest BCUT2D eigenvalue weighted by Gasteiger charge is -2.01. The summed E-state index contributed by atoms with van der Waals surface area (Å²) in [5, 5.41) is 0. The Kier molecular flexibility index (Phi) is 4.52. The smallest absolute Gasteiger partial charge is 0.373 e. The van der Waals surface area contributed by atoms with Gasteiger partial charge >= 0.3 is 11.9 Å². The number of hydrogen-bond donors (Lipinski definition) is 0. The van der Waals surface area contributed by atoms with Gasteiger partial charge in [-0.2, -0.15) is 0 Å². The molecule has 0 aliphatic rings. The van der Waals surface area contributed by atoms with Crippen molar-refractivity contribution in [1.82, 2.24) is 0 Å². The molecule has 0 aromatic heterocycles. The molecule has 0 atom stereocenters. The second kappa shape index (κ2) is 5.17. The van der Waals surface area contributed by atoms with Crippen LogP contribution in [-0.2, 0) is 23.8 Å². The molecule has 68 valence electrons. The number of carbonyl (C=O) groups is 2. The average molecular weight is 174 g/mol. The summed E-state index contributed by atoms with van der Waals surface area (Å²) in [6.45, 7) is 0. The normalized spacial score (nSPS) is 10.4. The summed E-state index contributed by atoms with van der Waals surface area (Å²) < 4.78 is 13.1. The molecular weight excluding hydrogens is 164 g/mol. The van der Waals surface area contributed by atoms with Crippen LogP contribution in [0, 0.1) is 0 Å². The number of hydrogen-bond acceptors (Lipinski definition) is 5. The summed E-state index contributed by atoms with van der Waals surface area (Å²) in [4.78, 5) is 21.4. The molecule has 0 aromatic rings. The monoisotopic (exact) mass is 174 g/mol. The first kappa shape index (κ1) is 10.5. The first-order valence-electron chi connectivity index (χ1n) is 3.07. The van der Waals surface area contributed by atoms with Crippen molar-refractivity contribution in [1.29, 1.82) is 0 Å². The van der Waals surface area contributed by atoms with E-state index in [0.29, 0.717) is 0 Å². The van der Waals surface area contributed by atoms with Crippen molar-refractivity contribution in [2.45, 2.75) is 0 Å². The van der Waals surface area contributed by atoms with E-state index in [-0.39, 0.29) is 5.76 Å². The predicted octanol–water partition coefficient (Wildman–Crippen LogP) is -0.137. The lowest BCUT2D eigenvalue weighted by Crippen LogP contribution is -2.09. The fourth-order valence-corrected chi connectivity index (χ4v) is 0.468. The van der Waals surface area contributed by atoms with Gasteiger partial charge in [0.1, 0.15) is 0 Å². The molecule has 0 rings (SSSR count). The van der Waals surface area contributed by atoms with E-state index in [0.717, 1.165) is 6.08 Å². The highest BCUT2D eigenvalue weighted by Gasteiger charge is 2.11. The van der Waals surface area contributed by atoms with Crippen LogP contribution in [0.2, 0.25) is 0 Å². The van der Waals surface area contributed by atoms with Crippen LogP contribution in [0.4, 0.5) is 0 Å². The maximum atomic E-state index is 10.8. The highest BCUT2D eigenvalue weighted by atomic mass is 16.6. The van der Waals surface area contributed by atoms with Crippen molar-refractivity contribution in [2.24, 2.45) is 0 Å². The van der Waals surface area contributed by atoms with Crippen LogP contribution in [0.5, 0.6) is 0 Å². The molecule has 0 aliphatic carbocycles. The zero-order valence-corrected chi connectivity index (χ0v) is 7.12. The molecule has 0 heterocycles. The molecule has 5 heteroatoms. The lowest BCUT2D eigenvalue weighted by atomic mass is 10.4. The first-order valence-corrected chi connectivity index (χ1v) is 3.07. The Bertz CT molecular complexity index is 206. The van der Waals surface area contributed by atoms with Gasteiger partial charge in [0.05, 0.1) is 27.4 Å². The molecule has 0 aromatic carbocycles. The maximum Gasteiger partial charge on any atom is 0.373 e. The van der Waals surface area contributed by atoms with Crippen LogP contribution in [-0.4, -0.2) is 33.3 Å². The van der Waals surface area contributed by atoms with E-state index < -0.39 is 11.9 Å². The van der Waals surface area contributed by atoms with Crippen molar-refractivity contribution in [2.75, 3.05) is 21.3 Å². The molecule has 0 spiro atoms. The highest BCUT2D eigenvalue weighted by Crippen LogP contribution is 1.98. The third-order valence-corrected chi connectivity index (χ3v) is 1.06. The molecule has 0 saturated heterocycles. The summed E-state index contributed by atoms with van der Waals surface area (Å²) >= 11 is 0. The van der Waals surface area contributed by atoms with Crippen molar-refractivity contribution >= 4 is 11.9 Å². The highest BCUT2D eigenvalue weighted by molar-refractivity contribution is 5.94. The maximum absolute atomic E-state index is 10.8. The summed E-state index contributed by atoms with van der Waals surface area (Å²) in [5.74, 6) is -1.58. The van der Waals surface area contributed by atoms with Gasteiger partial charge in [0.25, 0.3) is 0 Å². The minimum absolute atomic E-state index is 0.190. The molecule has 0 amide bonds. The Morgan fingerprint density at radius 3 is 1.92 bits per heavy atom. The number of carbonyl (C=O) groups excluding carboxylic acids is 2. The molecular formula is C7H10O5. The lowest BCUT2D eigenvalue weighted by molar-refractivity contribution is -0.141. The number of rotatable bonds is 3. The van der Waals surface area contributed by atoms with E-state index in [4.69, 9.17) is 0 Å². The summed E-state index contributed by atoms with van der Waals surface area (Å²) in [5.41, 5.74) is 0. The van der Waals surface area contributed by atoms with Crippen molar-refractivity contribution in [3.8, 4) is 0 Å². The third-order valence-electron chi connectivity index (χ3n) is 1.06. The molecule has 0 fully saturated rings. The van der Waals surface area contributed by atoms with Gasteiger partial charge in [-0.15, -0.1) is 0 Å². The van der Waals surface area contributed by atoms with Gasteiger partial charge in [-0.1, -0.05) is 0 Å². The van der Waals surface area contributed by atoms with Crippen LogP contribution < -0.4 is 0 Å². The Labute approximate surface area is 69.9 Å². The van der Waals surface area contributed by atoms with Gasteiger partial charge in [0, 0.05) is 0 Å². The van der Waals surface area contributed by atoms with E-state index >= 15 is 0 Å². The predicted molar refractivity (Wildman–Crippen MR) is 39.1 cm³/mol. The van der Waals surface area contributed by atoms with Crippen LogP contribution in [0.1, 0.15) is 0 Å². The zero-order chi connectivity index (χ0) is 9.56. The SMILES string of the molecule is COC(=O)/C=C(\OC)C(=O)OC. The minimum atomic E-state index is -0.720. The molecule has 5 nitrogen and oxygen atoms in total. The first-order chi connectivity index (χ1) is 5.65. The van der Waals surface area contributed by atoms with Crippen LogP contribution in [0.15, 0.2) is 11.8 Å². The average Bonchev–Trinajstić information content (AvgIpc) is 2.12. The Morgan fingerprint density at radius 2 is 1.58 bits per heavy atom. The van der Waals surface area contributed by atoms with Gasteiger partial charge in [-0.05, 0) is 0 Å². The quantitative estimate of drug-likeness (QED) is 0.338. The Balaban J connectivity index is 4.43. The molecule has 0 N–H and O–H groups in total. The Morgan fingerprint density at radius 1 is 1.00 bits per heavy atom. The Hall–Kier alpha value is -1.52. The molecule has 0 saturated carbocycles. The fraction of sp³-hybridized carbons (Fsp3) is 0.429. The van der Waals surface area contributed by atoms with E-state index in [2.05, 4.69) is 14.2 Å². The molecule has 0 radical (unpaired) electrons. The van der Waals surface area contributed by atoms with Crippen molar-refractivity contribution < 1.29 is 23.8 Å². The molecule has 12 heavy (non-hydrogen) atoms. The van der Waals surface area contributed by atoms with Crippen LogP contribution in [0.25, 0.3) is 0 Å². The van der Waals surface area contributed by atoms with E-state index in [1.54, 1.807) is 0 Å². The topological polar surface area (TPSA) is 61.8 Å². The number of ether oxygens (including phenoxy) is 3. The van der Waals surface area contributed by atoms with E-state index in [1.807, 2.05) is 0 Å². The fourth-order valence-electron chi connectivity index (χ4n) is 0.468. The number of methoxy groups -OCH3 is 3. The molecule has 0 aliphatic heterocycles. The largest absolute Gasteiger partial charge is 0.490 e. The minimum Gasteiger partial charge on any atom is -0.490 e. The zero-order valence-electron chi connectivity index (χ0n) is 7.12. The summed E-state index contributed by atoms with van der Waals surface area (Å²) in [6.07, 6.45) is 0.909. The molecule has 0 unspecified atom stereocenters. The van der Waals surface area contributed by atoms with Gasteiger partial charge in [0.15, 0.2) is 0 Å². The van der Waals surface area contributed by atoms with Crippen molar-refractivity contribution in [3.05, 3.63) is 11.8 Å². The van der Waals surface area contributed by atoms with E-state index in [1.165, 1.54) is 21.3 Å². The van der Waals surface area contributed by atoms with Crippen LogP contribution >= 0.6 is 0 Å².